The second-order valence-corrected chi connectivity index (χ2v) is 9.38. The van der Waals surface area contributed by atoms with Crippen molar-refractivity contribution in [1.29, 1.82) is 0 Å². The second kappa shape index (κ2) is 6.73. The largest absolute Gasteiger partial charge is 0.378 e. The number of aromatic nitrogens is 1. The summed E-state index contributed by atoms with van der Waals surface area (Å²) in [4.78, 5) is 6.91. The van der Waals surface area contributed by atoms with Crippen molar-refractivity contribution in [2.24, 2.45) is 0 Å². The van der Waals surface area contributed by atoms with Crippen LogP contribution < -0.4 is 10.2 Å². The molecule has 0 amide bonds. The van der Waals surface area contributed by atoms with Crippen LogP contribution in [-0.4, -0.2) is 51.4 Å². The molecule has 0 N–H and O–H groups in total. The van der Waals surface area contributed by atoms with Crippen LogP contribution in [0.2, 0.25) is 0 Å². The van der Waals surface area contributed by atoms with Crippen molar-refractivity contribution >= 4 is 35.2 Å². The molecule has 7 heteroatoms. The second-order valence-electron chi connectivity index (χ2n) is 5.53. The first-order valence-electron chi connectivity index (χ1n) is 7.37. The number of benzene rings is 1. The van der Waals surface area contributed by atoms with Gasteiger partial charge in [-0.05, 0) is 12.7 Å². The molecule has 1 unspecified atom stereocenters. The summed E-state index contributed by atoms with van der Waals surface area (Å²) in [6, 6.07) is 5.05. The van der Waals surface area contributed by atoms with Crippen molar-refractivity contribution in [1.82, 2.24) is 4.98 Å². The highest BCUT2D eigenvalue weighted by Gasteiger charge is 2.23. The van der Waals surface area contributed by atoms with Crippen molar-refractivity contribution in [3.05, 3.63) is 29.4 Å². The summed E-state index contributed by atoms with van der Waals surface area (Å²) in [5, 5.41) is 3.46. The van der Waals surface area contributed by atoms with E-state index in [9.17, 15) is 4.39 Å². The highest BCUT2D eigenvalue weighted by atomic mass is 32.1. The van der Waals surface area contributed by atoms with Crippen LogP contribution in [0, 0.1) is 5.82 Å². The van der Waals surface area contributed by atoms with Gasteiger partial charge in [-0.1, -0.05) is 18.4 Å². The van der Waals surface area contributed by atoms with E-state index in [0.717, 1.165) is 29.5 Å². The van der Waals surface area contributed by atoms with Gasteiger partial charge in [0.2, 0.25) is 0 Å². The number of rotatable bonds is 4. The van der Waals surface area contributed by atoms with Gasteiger partial charge in [0, 0.05) is 43.6 Å². The molecule has 1 fully saturated rings. The molecule has 0 bridgehead atoms. The molecule has 2 heterocycles. The minimum Gasteiger partial charge on any atom is -0.378 e. The van der Waals surface area contributed by atoms with Gasteiger partial charge in [-0.2, -0.15) is 0 Å². The van der Waals surface area contributed by atoms with Crippen LogP contribution in [0.5, 0.6) is 0 Å². The maximum Gasteiger partial charge on any atom is 0.186 e. The predicted octanol–water partition coefficient (Wildman–Crippen LogP) is 3.05. The number of thiazole rings is 1. The number of ether oxygens (including phenoxy) is 1. The zero-order valence-corrected chi connectivity index (χ0v) is 15.0. The molecule has 0 spiro atoms. The molecule has 1 aromatic heterocycles. The van der Waals surface area contributed by atoms with Gasteiger partial charge in [-0.15, -0.1) is 11.3 Å². The van der Waals surface area contributed by atoms with E-state index >= 15 is 0 Å². The number of anilines is 1. The zero-order valence-electron chi connectivity index (χ0n) is 13.3. The molecule has 1 aromatic carbocycles. The Morgan fingerprint density at radius 3 is 2.83 bits per heavy atom. The average molecular weight is 354 g/mol. The fourth-order valence-electron chi connectivity index (χ4n) is 2.58. The monoisotopic (exact) mass is 354 g/mol. The van der Waals surface area contributed by atoms with Crippen molar-refractivity contribution < 1.29 is 13.7 Å². The summed E-state index contributed by atoms with van der Waals surface area (Å²) in [6.07, 6.45) is 4.10. The molecule has 0 saturated carbocycles. The van der Waals surface area contributed by atoms with Gasteiger partial charge in [0.1, 0.15) is 5.82 Å². The van der Waals surface area contributed by atoms with E-state index in [2.05, 4.69) is 11.2 Å². The molecule has 23 heavy (non-hydrogen) atoms. The molecule has 4 nitrogen and oxygen atoms in total. The van der Waals surface area contributed by atoms with E-state index < -0.39 is 7.11 Å². The van der Waals surface area contributed by atoms with Gasteiger partial charge in [0.15, 0.2) is 5.13 Å². The first-order chi connectivity index (χ1) is 11.0. The third-order valence-corrected chi connectivity index (χ3v) is 7.02. The molecular weight excluding hydrogens is 334 g/mol. The summed E-state index contributed by atoms with van der Waals surface area (Å²) in [5.74, 6) is -0.281. The summed E-state index contributed by atoms with van der Waals surface area (Å²) in [5.41, 5.74) is 1.55. The lowest BCUT2D eigenvalue weighted by Gasteiger charge is -2.26. The molecule has 124 valence electrons. The summed E-state index contributed by atoms with van der Waals surface area (Å²) in [7, 11) is -0.653. The highest BCUT2D eigenvalue weighted by molar-refractivity contribution is 7.76. The van der Waals surface area contributed by atoms with Gasteiger partial charge in [-0.25, -0.2) is 9.37 Å². The molecule has 0 radical (unpaired) electrons. The van der Waals surface area contributed by atoms with Gasteiger partial charge in [0.25, 0.3) is 0 Å². The maximum atomic E-state index is 14.4. The van der Waals surface area contributed by atoms with E-state index in [1.165, 1.54) is 6.07 Å². The number of morpholine rings is 1. The standard InChI is InChI=1S/C16H20FN2O2PS/c1-20-22(2,3)15-12(5-4-6-13(15)17)14-11-23-16(18-14)19-7-9-21-10-8-19/h4-6,11H,2,7-10H2,1,3H3. The van der Waals surface area contributed by atoms with Gasteiger partial charge in [0.05, 0.1) is 18.9 Å². The molecule has 1 aliphatic heterocycles. The molecule has 2 aromatic rings. The van der Waals surface area contributed by atoms with E-state index in [0.29, 0.717) is 18.5 Å². The first kappa shape index (κ1) is 16.7. The topological polar surface area (TPSA) is 34.6 Å². The normalized spacial score (nSPS) is 18.0. The van der Waals surface area contributed by atoms with Gasteiger partial charge >= 0.3 is 0 Å². The molecular formula is C16H20FN2O2PS. The van der Waals surface area contributed by atoms with Crippen molar-refractivity contribution in [2.75, 3.05) is 45.0 Å². The average Bonchev–Trinajstić information content (AvgIpc) is 3.05. The Bertz CT molecular complexity index is 743. The lowest BCUT2D eigenvalue weighted by Crippen LogP contribution is -2.36. The molecule has 1 atom stereocenters. The van der Waals surface area contributed by atoms with Crippen LogP contribution in [0.4, 0.5) is 9.52 Å². The van der Waals surface area contributed by atoms with Crippen molar-refractivity contribution in [3.8, 4) is 11.3 Å². The van der Waals surface area contributed by atoms with Crippen molar-refractivity contribution in [3.63, 3.8) is 0 Å². The van der Waals surface area contributed by atoms with Crippen LogP contribution in [0.1, 0.15) is 0 Å². The van der Waals surface area contributed by atoms with E-state index in [1.807, 2.05) is 18.1 Å². The third kappa shape index (κ3) is 3.36. The van der Waals surface area contributed by atoms with E-state index in [4.69, 9.17) is 14.2 Å². The molecule has 0 aliphatic carbocycles. The fraction of sp³-hybridized carbons (Fsp3) is 0.375. The number of halogens is 1. The lowest BCUT2D eigenvalue weighted by molar-refractivity contribution is 0.122. The summed E-state index contributed by atoms with van der Waals surface area (Å²) >= 11 is 1.57. The summed E-state index contributed by atoms with van der Waals surface area (Å²) in [6.45, 7) is 4.96. The zero-order chi connectivity index (χ0) is 16.4. The SMILES string of the molecule is C=P(C)(OC)c1c(F)cccc1-c1csc(N2CCOCC2)n1. The smallest absolute Gasteiger partial charge is 0.186 e. The number of hydrogen-bond donors (Lipinski definition) is 0. The molecule has 1 saturated heterocycles. The van der Waals surface area contributed by atoms with Gasteiger partial charge in [-0.3, -0.25) is 0 Å². The fourth-order valence-corrected chi connectivity index (χ4v) is 4.87. The Morgan fingerprint density at radius 2 is 2.13 bits per heavy atom. The first-order valence-corrected chi connectivity index (χ1v) is 10.6. The van der Waals surface area contributed by atoms with Crippen LogP contribution in [0.15, 0.2) is 23.6 Å². The molecule has 3 rings (SSSR count). The Balaban J connectivity index is 2.01. The van der Waals surface area contributed by atoms with E-state index in [-0.39, 0.29) is 5.82 Å². The predicted molar refractivity (Wildman–Crippen MR) is 97.1 cm³/mol. The summed E-state index contributed by atoms with van der Waals surface area (Å²) < 4.78 is 25.3. The quantitative estimate of drug-likeness (QED) is 0.791. The Labute approximate surface area is 139 Å². The minimum atomic E-state index is -2.23. The van der Waals surface area contributed by atoms with Crippen LogP contribution in [-0.2, 0) is 9.26 Å². The Hall–Kier alpha value is -1.20. The Morgan fingerprint density at radius 1 is 1.39 bits per heavy atom. The van der Waals surface area contributed by atoms with Crippen LogP contribution in [0.3, 0.4) is 0 Å². The Kier molecular flexibility index (Phi) is 4.87. The van der Waals surface area contributed by atoms with E-state index in [1.54, 1.807) is 24.5 Å². The maximum absolute atomic E-state index is 14.4. The van der Waals surface area contributed by atoms with Gasteiger partial charge < -0.3 is 14.2 Å². The van der Waals surface area contributed by atoms with Crippen molar-refractivity contribution in [2.45, 2.75) is 0 Å². The van der Waals surface area contributed by atoms with Crippen LogP contribution in [0.25, 0.3) is 11.3 Å². The lowest BCUT2D eigenvalue weighted by atomic mass is 10.2. The third-order valence-electron chi connectivity index (χ3n) is 3.91. The molecule has 1 aliphatic rings. The number of nitrogens with zero attached hydrogens (tertiary/aromatic N) is 2. The highest BCUT2D eigenvalue weighted by Crippen LogP contribution is 2.44. The van der Waals surface area contributed by atoms with Crippen LogP contribution >= 0.6 is 18.4 Å². The minimum absolute atomic E-state index is 0.281. The number of hydrogen-bond acceptors (Lipinski definition) is 5.